The van der Waals surface area contributed by atoms with Crippen LogP contribution in [0.1, 0.15) is 21.1 Å². The molecule has 1 aromatic carbocycles. The van der Waals surface area contributed by atoms with Gasteiger partial charge in [0.25, 0.3) is 5.91 Å². The lowest BCUT2D eigenvalue weighted by Crippen LogP contribution is -2.12. The maximum absolute atomic E-state index is 12.1. The Balaban J connectivity index is 1.74. The number of carbonyl (C=O) groups is 1. The average Bonchev–Trinajstić information content (AvgIpc) is 3.04. The summed E-state index contributed by atoms with van der Waals surface area (Å²) in [5, 5.41) is 4.95. The summed E-state index contributed by atoms with van der Waals surface area (Å²) >= 11 is 1.29. The van der Waals surface area contributed by atoms with E-state index >= 15 is 0 Å². The molecule has 0 aliphatic rings. The highest BCUT2D eigenvalue weighted by molar-refractivity contribution is 7.10. The minimum Gasteiger partial charge on any atom is -0.383 e. The van der Waals surface area contributed by atoms with Crippen molar-refractivity contribution in [3.8, 4) is 11.8 Å². The van der Waals surface area contributed by atoms with E-state index in [1.54, 1.807) is 5.38 Å². The second-order valence-electron chi connectivity index (χ2n) is 4.43. The zero-order valence-electron chi connectivity index (χ0n) is 11.9. The van der Waals surface area contributed by atoms with Gasteiger partial charge in [-0.3, -0.25) is 4.79 Å². The number of nitrogen functional groups attached to an aromatic ring is 1. The molecule has 0 radical (unpaired) electrons. The van der Waals surface area contributed by atoms with E-state index in [4.69, 9.17) is 5.73 Å². The molecule has 0 atom stereocenters. The number of para-hydroxylation sites is 1. The van der Waals surface area contributed by atoms with Crippen molar-refractivity contribution in [2.24, 2.45) is 0 Å². The van der Waals surface area contributed by atoms with Gasteiger partial charge in [-0.15, -0.1) is 11.3 Å². The Morgan fingerprint density at radius 3 is 2.83 bits per heavy atom. The van der Waals surface area contributed by atoms with Crippen molar-refractivity contribution in [2.45, 2.75) is 0 Å². The third-order valence-electron chi connectivity index (χ3n) is 2.82. The van der Waals surface area contributed by atoms with Gasteiger partial charge in [0.2, 0.25) is 0 Å². The number of aromatic nitrogens is 3. The highest BCUT2D eigenvalue weighted by Gasteiger charge is 2.10. The van der Waals surface area contributed by atoms with E-state index in [1.165, 1.54) is 23.9 Å². The minimum absolute atomic E-state index is 0.275. The van der Waals surface area contributed by atoms with Crippen molar-refractivity contribution in [1.82, 2.24) is 15.0 Å². The normalized spacial score (nSPS) is 9.74. The summed E-state index contributed by atoms with van der Waals surface area (Å²) in [7, 11) is 0. The first kappa shape index (κ1) is 14.7. The number of hydrogen-bond donors (Lipinski definition) is 2. The lowest BCUT2D eigenvalue weighted by atomic mass is 10.3. The van der Waals surface area contributed by atoms with Gasteiger partial charge in [0, 0.05) is 17.3 Å². The molecule has 2 heterocycles. The Bertz CT molecular complexity index is 895. The van der Waals surface area contributed by atoms with Crippen molar-refractivity contribution >= 4 is 28.7 Å². The van der Waals surface area contributed by atoms with Crippen molar-refractivity contribution < 1.29 is 4.79 Å². The van der Waals surface area contributed by atoms with Crippen LogP contribution in [0.3, 0.4) is 0 Å². The highest BCUT2D eigenvalue weighted by Crippen LogP contribution is 2.12. The summed E-state index contributed by atoms with van der Waals surface area (Å²) in [6.45, 7) is 0. The van der Waals surface area contributed by atoms with Crippen LogP contribution in [0.25, 0.3) is 0 Å². The molecule has 0 fully saturated rings. The van der Waals surface area contributed by atoms with E-state index in [9.17, 15) is 4.79 Å². The smallest absolute Gasteiger partial charge is 0.275 e. The van der Waals surface area contributed by atoms with Crippen LogP contribution in [0.4, 0.5) is 11.5 Å². The molecule has 0 aliphatic carbocycles. The number of amides is 1. The van der Waals surface area contributed by atoms with E-state index in [0.717, 1.165) is 0 Å². The molecule has 0 saturated heterocycles. The fraction of sp³-hybridized carbons (Fsp3) is 0. The minimum atomic E-state index is -0.275. The zero-order valence-corrected chi connectivity index (χ0v) is 12.7. The number of benzene rings is 1. The number of carbonyl (C=O) groups excluding carboxylic acids is 1. The lowest BCUT2D eigenvalue weighted by molar-refractivity contribution is 0.102. The van der Waals surface area contributed by atoms with Crippen LogP contribution in [0.2, 0.25) is 0 Å². The molecule has 3 aromatic rings. The van der Waals surface area contributed by atoms with E-state index < -0.39 is 0 Å². The van der Waals surface area contributed by atoms with Gasteiger partial charge < -0.3 is 11.1 Å². The van der Waals surface area contributed by atoms with Gasteiger partial charge in [-0.1, -0.05) is 24.1 Å². The van der Waals surface area contributed by atoms with Crippen molar-refractivity contribution in [1.29, 1.82) is 0 Å². The molecule has 3 rings (SSSR count). The van der Waals surface area contributed by atoms with Crippen molar-refractivity contribution in [2.75, 3.05) is 11.1 Å². The molecular formula is C16H11N5OS. The van der Waals surface area contributed by atoms with Gasteiger partial charge in [0.1, 0.15) is 17.8 Å². The first-order valence-corrected chi connectivity index (χ1v) is 7.50. The fourth-order valence-electron chi connectivity index (χ4n) is 1.71. The molecule has 0 spiro atoms. The van der Waals surface area contributed by atoms with E-state index in [1.807, 2.05) is 30.3 Å². The largest absolute Gasteiger partial charge is 0.383 e. The van der Waals surface area contributed by atoms with Crippen LogP contribution in [-0.2, 0) is 0 Å². The monoisotopic (exact) mass is 321 g/mol. The second kappa shape index (κ2) is 6.68. The fourth-order valence-corrected chi connectivity index (χ4v) is 2.35. The van der Waals surface area contributed by atoms with E-state index in [-0.39, 0.29) is 5.91 Å². The third-order valence-corrected chi connectivity index (χ3v) is 3.57. The Morgan fingerprint density at radius 2 is 2.04 bits per heavy atom. The Hall–Kier alpha value is -3.24. The quantitative estimate of drug-likeness (QED) is 0.706. The number of anilines is 2. The predicted molar refractivity (Wildman–Crippen MR) is 88.9 cm³/mol. The molecule has 0 aliphatic heterocycles. The van der Waals surface area contributed by atoms with E-state index in [0.29, 0.717) is 27.8 Å². The second-order valence-corrected chi connectivity index (χ2v) is 5.29. The summed E-state index contributed by atoms with van der Waals surface area (Å²) < 4.78 is 0. The molecule has 3 N–H and O–H groups in total. The molecule has 6 nitrogen and oxygen atoms in total. The first-order chi connectivity index (χ1) is 11.2. The Kier molecular flexibility index (Phi) is 4.27. The van der Waals surface area contributed by atoms with Gasteiger partial charge in [-0.05, 0) is 18.1 Å². The Morgan fingerprint density at radius 1 is 1.22 bits per heavy atom. The van der Waals surface area contributed by atoms with E-state index in [2.05, 4.69) is 32.1 Å². The summed E-state index contributed by atoms with van der Waals surface area (Å²) in [4.78, 5) is 24.0. The summed E-state index contributed by atoms with van der Waals surface area (Å²) in [6, 6.07) is 9.19. The maximum atomic E-state index is 12.1. The van der Waals surface area contributed by atoms with Gasteiger partial charge in [0.05, 0.1) is 5.56 Å². The average molecular weight is 321 g/mol. The summed E-state index contributed by atoms with van der Waals surface area (Å²) in [5.74, 6) is 5.74. The molecule has 7 heteroatoms. The molecule has 112 valence electrons. The summed E-state index contributed by atoms with van der Waals surface area (Å²) in [6.07, 6.45) is 2.89. The number of rotatable bonds is 2. The van der Waals surface area contributed by atoms with Gasteiger partial charge in [0.15, 0.2) is 5.01 Å². The first-order valence-electron chi connectivity index (χ1n) is 6.62. The van der Waals surface area contributed by atoms with Crippen molar-refractivity contribution in [3.63, 3.8) is 0 Å². The van der Waals surface area contributed by atoms with Crippen LogP contribution in [0.5, 0.6) is 0 Å². The standard InChI is InChI=1S/C16H11N5OS/c17-15-11(8-18-10-19-15)6-7-14-21-13(9-23-14)16(22)20-12-4-2-1-3-5-12/h1-5,8-10H,(H,20,22)(H2,17,18,19). The van der Waals surface area contributed by atoms with Crippen LogP contribution < -0.4 is 11.1 Å². The lowest BCUT2D eigenvalue weighted by Gasteiger charge is -2.01. The molecule has 0 unspecified atom stereocenters. The highest BCUT2D eigenvalue weighted by atomic mass is 32.1. The number of nitrogens with one attached hydrogen (secondary N) is 1. The number of hydrogen-bond acceptors (Lipinski definition) is 6. The zero-order chi connectivity index (χ0) is 16.1. The maximum Gasteiger partial charge on any atom is 0.275 e. The van der Waals surface area contributed by atoms with Gasteiger partial charge in [-0.25, -0.2) is 15.0 Å². The van der Waals surface area contributed by atoms with Gasteiger partial charge in [-0.2, -0.15) is 0 Å². The van der Waals surface area contributed by atoms with Gasteiger partial charge >= 0.3 is 0 Å². The predicted octanol–water partition coefficient (Wildman–Crippen LogP) is 2.17. The van der Waals surface area contributed by atoms with Crippen LogP contribution in [-0.4, -0.2) is 20.9 Å². The topological polar surface area (TPSA) is 93.8 Å². The number of nitrogens with zero attached hydrogens (tertiary/aromatic N) is 3. The van der Waals surface area contributed by atoms with Crippen LogP contribution >= 0.6 is 11.3 Å². The molecule has 23 heavy (non-hydrogen) atoms. The molecule has 0 saturated carbocycles. The molecule has 1 amide bonds. The molecule has 2 aromatic heterocycles. The molecule has 0 bridgehead atoms. The summed E-state index contributed by atoms with van der Waals surface area (Å²) in [5.41, 5.74) is 7.25. The number of nitrogens with two attached hydrogens (primary N) is 1. The van der Waals surface area contributed by atoms with Crippen LogP contribution in [0.15, 0.2) is 48.2 Å². The number of thiazole rings is 1. The Labute approximate surface area is 136 Å². The third kappa shape index (κ3) is 3.70. The van der Waals surface area contributed by atoms with Crippen molar-refractivity contribution in [3.05, 3.63) is 64.5 Å². The molecular weight excluding hydrogens is 310 g/mol. The van der Waals surface area contributed by atoms with Crippen LogP contribution in [0, 0.1) is 11.8 Å². The SMILES string of the molecule is Nc1ncncc1C#Cc1nc(C(=O)Nc2ccccc2)cs1.